The van der Waals surface area contributed by atoms with Crippen molar-refractivity contribution in [3.8, 4) is 6.07 Å². The van der Waals surface area contributed by atoms with E-state index in [1.54, 1.807) is 12.1 Å². The number of nitriles is 1. The molecule has 1 saturated carbocycles. The van der Waals surface area contributed by atoms with Gasteiger partial charge in [0.05, 0.1) is 12.1 Å². The Morgan fingerprint density at radius 3 is 2.75 bits per heavy atom. The Kier molecular flexibility index (Phi) is 2.75. The summed E-state index contributed by atoms with van der Waals surface area (Å²) in [5, 5.41) is 28.8. The van der Waals surface area contributed by atoms with E-state index in [1.165, 1.54) is 0 Å². The lowest BCUT2D eigenvalue weighted by Crippen LogP contribution is -2.41. The van der Waals surface area contributed by atoms with Crippen molar-refractivity contribution < 1.29 is 5.11 Å². The summed E-state index contributed by atoms with van der Waals surface area (Å²) in [6.07, 6.45) is 2.27. The largest absolute Gasteiger partial charge is 0.394 e. The van der Waals surface area contributed by atoms with Gasteiger partial charge in [0.25, 0.3) is 0 Å². The van der Waals surface area contributed by atoms with Crippen LogP contribution in [-0.4, -0.2) is 27.4 Å². The van der Waals surface area contributed by atoms with Gasteiger partial charge in [-0.2, -0.15) is 5.26 Å². The number of hydrogen-bond donors (Lipinski definition) is 2. The van der Waals surface area contributed by atoms with Crippen LogP contribution in [0.1, 0.15) is 25.5 Å². The van der Waals surface area contributed by atoms with Crippen molar-refractivity contribution in [2.24, 2.45) is 5.92 Å². The van der Waals surface area contributed by atoms with Crippen molar-refractivity contribution in [2.45, 2.75) is 25.3 Å². The molecule has 0 radical (unpaired) electrons. The second-order valence-electron chi connectivity index (χ2n) is 4.39. The standard InChI is InChI=1S/C11H14N4O/c1-11(7-16,8-2-3-8)13-10-5-4-9(6-12)14-15-10/h4-5,8,16H,2-3,7H2,1H3,(H,13,15). The number of anilines is 1. The molecule has 1 aromatic rings. The van der Waals surface area contributed by atoms with Gasteiger partial charge >= 0.3 is 0 Å². The van der Waals surface area contributed by atoms with Crippen LogP contribution in [0.3, 0.4) is 0 Å². The van der Waals surface area contributed by atoms with Crippen LogP contribution in [0.25, 0.3) is 0 Å². The van der Waals surface area contributed by atoms with Gasteiger partial charge in [-0.25, -0.2) is 0 Å². The molecule has 2 rings (SSSR count). The molecule has 0 saturated heterocycles. The number of hydrogen-bond acceptors (Lipinski definition) is 5. The number of aromatic nitrogens is 2. The van der Waals surface area contributed by atoms with Gasteiger partial charge in [-0.05, 0) is 37.8 Å². The summed E-state index contributed by atoms with van der Waals surface area (Å²) in [4.78, 5) is 0. The van der Waals surface area contributed by atoms with E-state index in [2.05, 4.69) is 15.5 Å². The fourth-order valence-electron chi connectivity index (χ4n) is 1.74. The first-order valence-corrected chi connectivity index (χ1v) is 5.31. The molecule has 16 heavy (non-hydrogen) atoms. The average Bonchev–Trinajstić information content (AvgIpc) is 3.14. The highest BCUT2D eigenvalue weighted by atomic mass is 16.3. The Bertz CT molecular complexity index is 407. The lowest BCUT2D eigenvalue weighted by Gasteiger charge is -2.29. The Labute approximate surface area is 94.1 Å². The van der Waals surface area contributed by atoms with Crippen LogP contribution in [0.4, 0.5) is 5.82 Å². The van der Waals surface area contributed by atoms with Crippen molar-refractivity contribution in [1.29, 1.82) is 5.26 Å². The SMILES string of the molecule is CC(CO)(Nc1ccc(C#N)nn1)C1CC1. The number of aliphatic hydroxyl groups excluding tert-OH is 1. The molecule has 84 valence electrons. The molecule has 2 N–H and O–H groups in total. The fraction of sp³-hybridized carbons (Fsp3) is 0.545. The number of aliphatic hydroxyl groups is 1. The van der Waals surface area contributed by atoms with E-state index in [1.807, 2.05) is 13.0 Å². The zero-order chi connectivity index (χ0) is 11.6. The van der Waals surface area contributed by atoms with E-state index in [0.717, 1.165) is 12.8 Å². The summed E-state index contributed by atoms with van der Waals surface area (Å²) in [6, 6.07) is 5.24. The molecule has 1 aliphatic rings. The van der Waals surface area contributed by atoms with Crippen LogP contribution < -0.4 is 5.32 Å². The lowest BCUT2D eigenvalue weighted by atomic mass is 9.97. The zero-order valence-electron chi connectivity index (χ0n) is 9.14. The molecular formula is C11H14N4O. The van der Waals surface area contributed by atoms with E-state index in [9.17, 15) is 5.11 Å². The van der Waals surface area contributed by atoms with Gasteiger partial charge in [-0.3, -0.25) is 0 Å². The summed E-state index contributed by atoms with van der Waals surface area (Å²) in [6.45, 7) is 2.05. The van der Waals surface area contributed by atoms with Gasteiger partial charge in [0, 0.05) is 0 Å². The molecule has 0 amide bonds. The monoisotopic (exact) mass is 218 g/mol. The highest BCUT2D eigenvalue weighted by Gasteiger charge is 2.41. The first-order chi connectivity index (χ1) is 7.68. The summed E-state index contributed by atoms with van der Waals surface area (Å²) in [5.41, 5.74) is -0.0364. The van der Waals surface area contributed by atoms with Crippen LogP contribution in [-0.2, 0) is 0 Å². The third-order valence-corrected chi connectivity index (χ3v) is 3.00. The molecule has 5 heteroatoms. The van der Waals surface area contributed by atoms with Gasteiger partial charge < -0.3 is 10.4 Å². The minimum absolute atomic E-state index is 0.0688. The van der Waals surface area contributed by atoms with Gasteiger partial charge in [0.1, 0.15) is 11.9 Å². The van der Waals surface area contributed by atoms with Crippen LogP contribution in [0, 0.1) is 17.2 Å². The van der Waals surface area contributed by atoms with Crippen molar-refractivity contribution in [1.82, 2.24) is 10.2 Å². The maximum absolute atomic E-state index is 9.39. The smallest absolute Gasteiger partial charge is 0.163 e. The topological polar surface area (TPSA) is 81.8 Å². The minimum Gasteiger partial charge on any atom is -0.394 e. The quantitative estimate of drug-likeness (QED) is 0.785. The first-order valence-electron chi connectivity index (χ1n) is 5.31. The molecule has 1 fully saturated rings. The predicted molar refractivity (Wildman–Crippen MR) is 58.6 cm³/mol. The molecule has 0 aromatic carbocycles. The lowest BCUT2D eigenvalue weighted by molar-refractivity contribution is 0.205. The molecule has 0 spiro atoms. The second kappa shape index (κ2) is 4.06. The fourth-order valence-corrected chi connectivity index (χ4v) is 1.74. The number of nitrogens with one attached hydrogen (secondary N) is 1. The highest BCUT2D eigenvalue weighted by molar-refractivity contribution is 5.39. The molecule has 1 aromatic heterocycles. The van der Waals surface area contributed by atoms with Crippen LogP contribution in [0.2, 0.25) is 0 Å². The van der Waals surface area contributed by atoms with Crippen molar-refractivity contribution in [3.05, 3.63) is 17.8 Å². The van der Waals surface area contributed by atoms with E-state index < -0.39 is 0 Å². The maximum Gasteiger partial charge on any atom is 0.163 e. The Balaban J connectivity index is 2.10. The molecule has 1 aliphatic carbocycles. The summed E-state index contributed by atoms with van der Waals surface area (Å²) in [5.74, 6) is 1.09. The Hall–Kier alpha value is -1.67. The van der Waals surface area contributed by atoms with Crippen molar-refractivity contribution >= 4 is 5.82 Å². The van der Waals surface area contributed by atoms with Crippen LogP contribution in [0.5, 0.6) is 0 Å². The average molecular weight is 218 g/mol. The molecule has 1 heterocycles. The molecule has 1 atom stereocenters. The summed E-state index contributed by atoms with van der Waals surface area (Å²) < 4.78 is 0. The maximum atomic E-state index is 9.39. The van der Waals surface area contributed by atoms with Crippen molar-refractivity contribution in [2.75, 3.05) is 11.9 Å². The first kappa shape index (κ1) is 10.8. The van der Waals surface area contributed by atoms with Crippen molar-refractivity contribution in [3.63, 3.8) is 0 Å². The predicted octanol–water partition coefficient (Wildman–Crippen LogP) is 0.921. The molecule has 1 unspecified atom stereocenters. The van der Waals surface area contributed by atoms with Gasteiger partial charge in [-0.15, -0.1) is 10.2 Å². The Morgan fingerprint density at radius 2 is 2.31 bits per heavy atom. The molecule has 0 bridgehead atoms. The zero-order valence-corrected chi connectivity index (χ0v) is 9.14. The van der Waals surface area contributed by atoms with E-state index in [4.69, 9.17) is 5.26 Å². The molecule has 0 aliphatic heterocycles. The number of rotatable bonds is 4. The summed E-state index contributed by atoms with van der Waals surface area (Å²) >= 11 is 0. The molecular weight excluding hydrogens is 204 g/mol. The molecule has 5 nitrogen and oxygen atoms in total. The minimum atomic E-state index is -0.331. The number of nitrogens with zero attached hydrogens (tertiary/aromatic N) is 3. The van der Waals surface area contributed by atoms with E-state index in [0.29, 0.717) is 17.4 Å². The Morgan fingerprint density at radius 1 is 1.56 bits per heavy atom. The van der Waals surface area contributed by atoms with Gasteiger partial charge in [0.15, 0.2) is 5.69 Å². The highest BCUT2D eigenvalue weighted by Crippen LogP contribution is 2.40. The van der Waals surface area contributed by atoms with Gasteiger partial charge in [-0.1, -0.05) is 0 Å². The van der Waals surface area contributed by atoms with Gasteiger partial charge in [0.2, 0.25) is 0 Å². The van der Waals surface area contributed by atoms with E-state index in [-0.39, 0.29) is 12.1 Å². The van der Waals surface area contributed by atoms with E-state index >= 15 is 0 Å². The normalized spacial score (nSPS) is 18.6. The van der Waals surface area contributed by atoms with Crippen LogP contribution in [0.15, 0.2) is 12.1 Å². The summed E-state index contributed by atoms with van der Waals surface area (Å²) in [7, 11) is 0. The third-order valence-electron chi connectivity index (χ3n) is 3.00. The third kappa shape index (κ3) is 2.12. The van der Waals surface area contributed by atoms with Crippen LogP contribution >= 0.6 is 0 Å². The second-order valence-corrected chi connectivity index (χ2v) is 4.39.